The van der Waals surface area contributed by atoms with Gasteiger partial charge in [0.15, 0.2) is 11.6 Å². The quantitative estimate of drug-likeness (QED) is 0.590. The first-order chi connectivity index (χ1) is 12.7. The van der Waals surface area contributed by atoms with E-state index in [1.54, 1.807) is 4.68 Å². The largest absolute Gasteiger partial charge is 0.382 e. The molecule has 1 aromatic carbocycles. The molecule has 0 radical (unpaired) electrons. The zero-order valence-electron chi connectivity index (χ0n) is 14.4. The molecule has 1 aliphatic rings. The lowest BCUT2D eigenvalue weighted by Crippen LogP contribution is -2.44. The smallest absolute Gasteiger partial charge is 0.158 e. The van der Waals surface area contributed by atoms with Gasteiger partial charge in [0.05, 0.1) is 23.6 Å². The first-order valence-corrected chi connectivity index (χ1v) is 8.68. The van der Waals surface area contributed by atoms with Crippen LogP contribution in [0.1, 0.15) is 18.7 Å². The molecule has 1 aliphatic heterocycles. The Bertz CT molecular complexity index is 1090. The van der Waals surface area contributed by atoms with E-state index in [9.17, 15) is 5.11 Å². The summed E-state index contributed by atoms with van der Waals surface area (Å²) in [7, 11) is 1.81. The number of hydrogen-bond donors (Lipinski definition) is 1. The maximum absolute atomic E-state index is 11.0. The van der Waals surface area contributed by atoms with Crippen molar-refractivity contribution in [3.63, 3.8) is 0 Å². The Balaban J connectivity index is 1.52. The predicted octanol–water partition coefficient (Wildman–Crippen LogP) is 1.50. The van der Waals surface area contributed by atoms with E-state index >= 15 is 0 Å². The molecule has 3 aromatic heterocycles. The summed E-state index contributed by atoms with van der Waals surface area (Å²) >= 11 is 0. The second-order valence-electron chi connectivity index (χ2n) is 6.80. The molecular formula is C18H19N7O. The van der Waals surface area contributed by atoms with E-state index in [1.165, 1.54) is 6.33 Å². The highest BCUT2D eigenvalue weighted by atomic mass is 16.3. The number of aromatic nitrogens is 6. The molecule has 8 heteroatoms. The minimum Gasteiger partial charge on any atom is -0.382 e. The van der Waals surface area contributed by atoms with Crippen LogP contribution in [-0.4, -0.2) is 47.3 Å². The number of fused-ring (bicyclic) bond motifs is 3. The van der Waals surface area contributed by atoms with Crippen LogP contribution in [0.15, 0.2) is 43.1 Å². The second kappa shape index (κ2) is 5.50. The molecule has 0 bridgehead atoms. The van der Waals surface area contributed by atoms with Crippen LogP contribution >= 0.6 is 0 Å². The van der Waals surface area contributed by atoms with E-state index in [0.29, 0.717) is 31.8 Å². The summed E-state index contributed by atoms with van der Waals surface area (Å²) in [6.07, 6.45) is 6.31. The third-order valence-corrected chi connectivity index (χ3v) is 5.25. The molecule has 0 unspecified atom stereocenters. The number of para-hydroxylation sites is 2. The van der Waals surface area contributed by atoms with Crippen LogP contribution in [-0.2, 0) is 12.6 Å². The van der Waals surface area contributed by atoms with Crippen LogP contribution in [0, 0.1) is 0 Å². The summed E-state index contributed by atoms with van der Waals surface area (Å²) in [5.74, 6) is 1.53. The summed E-state index contributed by atoms with van der Waals surface area (Å²) in [6.45, 7) is 1.38. The fraction of sp³-hybridized carbons (Fsp3) is 0.333. The Hall–Kier alpha value is -3.00. The van der Waals surface area contributed by atoms with E-state index in [0.717, 1.165) is 22.4 Å². The molecule has 5 rings (SSSR count). The number of nitrogens with zero attached hydrogens (tertiary/aromatic N) is 7. The average Bonchev–Trinajstić information content (AvgIpc) is 3.31. The van der Waals surface area contributed by atoms with Gasteiger partial charge in [0.25, 0.3) is 0 Å². The van der Waals surface area contributed by atoms with Crippen molar-refractivity contribution in [2.45, 2.75) is 18.4 Å². The third kappa shape index (κ3) is 2.19. The van der Waals surface area contributed by atoms with Crippen LogP contribution in [0.25, 0.3) is 16.6 Å². The Labute approximate surface area is 149 Å². The molecule has 0 aliphatic carbocycles. The average molecular weight is 349 g/mol. The maximum atomic E-state index is 11.0. The lowest BCUT2D eigenvalue weighted by atomic mass is 9.90. The Morgan fingerprint density at radius 2 is 1.92 bits per heavy atom. The van der Waals surface area contributed by atoms with E-state index in [4.69, 9.17) is 4.98 Å². The summed E-state index contributed by atoms with van der Waals surface area (Å²) < 4.78 is 3.72. The molecule has 0 saturated carbocycles. The summed E-state index contributed by atoms with van der Waals surface area (Å²) in [4.78, 5) is 15.7. The van der Waals surface area contributed by atoms with Crippen LogP contribution in [0.3, 0.4) is 0 Å². The van der Waals surface area contributed by atoms with Gasteiger partial charge in [-0.1, -0.05) is 12.1 Å². The monoisotopic (exact) mass is 349 g/mol. The van der Waals surface area contributed by atoms with Crippen molar-refractivity contribution >= 4 is 22.4 Å². The molecule has 0 amide bonds. The van der Waals surface area contributed by atoms with E-state index < -0.39 is 5.60 Å². The maximum Gasteiger partial charge on any atom is 0.158 e. The minimum absolute atomic E-state index is 0.578. The summed E-state index contributed by atoms with van der Waals surface area (Å²) in [5.41, 5.74) is 2.00. The highest BCUT2D eigenvalue weighted by molar-refractivity contribution is 5.84. The van der Waals surface area contributed by atoms with Crippen molar-refractivity contribution in [3.05, 3.63) is 48.9 Å². The van der Waals surface area contributed by atoms with E-state index in [1.807, 2.05) is 43.8 Å². The molecule has 8 nitrogen and oxygen atoms in total. The highest BCUT2D eigenvalue weighted by Gasteiger charge is 2.38. The SMILES string of the molecule is Cn1ncnc1C1(O)CCN(c2nc3ccccc3n3cncc23)CC1. The van der Waals surface area contributed by atoms with Gasteiger partial charge >= 0.3 is 0 Å². The van der Waals surface area contributed by atoms with Crippen LogP contribution in [0.4, 0.5) is 5.82 Å². The van der Waals surface area contributed by atoms with E-state index in [2.05, 4.69) is 24.4 Å². The van der Waals surface area contributed by atoms with E-state index in [-0.39, 0.29) is 0 Å². The number of aliphatic hydroxyl groups is 1. The van der Waals surface area contributed by atoms with Crippen LogP contribution in [0.2, 0.25) is 0 Å². The van der Waals surface area contributed by atoms with Crippen molar-refractivity contribution in [1.29, 1.82) is 0 Å². The molecule has 1 fully saturated rings. The topological polar surface area (TPSA) is 84.4 Å². The van der Waals surface area contributed by atoms with Crippen molar-refractivity contribution < 1.29 is 5.11 Å². The molecule has 26 heavy (non-hydrogen) atoms. The van der Waals surface area contributed by atoms with Gasteiger partial charge in [-0.25, -0.2) is 15.0 Å². The normalized spacial score (nSPS) is 17.2. The fourth-order valence-corrected chi connectivity index (χ4v) is 3.85. The number of hydrogen-bond acceptors (Lipinski definition) is 6. The van der Waals surface area contributed by atoms with Gasteiger partial charge in [0, 0.05) is 33.0 Å². The van der Waals surface area contributed by atoms with Crippen molar-refractivity contribution in [2.75, 3.05) is 18.0 Å². The van der Waals surface area contributed by atoms with Gasteiger partial charge in [-0.2, -0.15) is 5.10 Å². The number of imidazole rings is 1. The molecule has 1 saturated heterocycles. The van der Waals surface area contributed by atoms with Crippen LogP contribution < -0.4 is 4.90 Å². The summed E-state index contributed by atoms with van der Waals surface area (Å²) in [6, 6.07) is 8.05. The van der Waals surface area contributed by atoms with Gasteiger partial charge < -0.3 is 10.0 Å². The number of benzene rings is 1. The molecule has 0 spiro atoms. The zero-order valence-corrected chi connectivity index (χ0v) is 14.4. The summed E-state index contributed by atoms with van der Waals surface area (Å²) in [5, 5.41) is 15.1. The van der Waals surface area contributed by atoms with Gasteiger partial charge in [0.1, 0.15) is 17.4 Å². The Kier molecular flexibility index (Phi) is 3.23. The van der Waals surface area contributed by atoms with Crippen molar-refractivity contribution in [2.24, 2.45) is 7.05 Å². The molecular weight excluding hydrogens is 330 g/mol. The molecule has 4 heterocycles. The Morgan fingerprint density at radius 1 is 1.12 bits per heavy atom. The van der Waals surface area contributed by atoms with Crippen molar-refractivity contribution in [1.82, 2.24) is 29.1 Å². The Morgan fingerprint density at radius 3 is 2.69 bits per heavy atom. The molecule has 1 N–H and O–H groups in total. The first kappa shape index (κ1) is 15.3. The standard InChI is InChI=1S/C18H19N7O/c1-23-17(20-11-21-23)18(26)6-8-24(9-7-18)16-15-10-19-12-25(15)14-5-3-2-4-13(14)22-16/h2-5,10-12,26H,6-9H2,1H3. The first-order valence-electron chi connectivity index (χ1n) is 8.68. The van der Waals surface area contributed by atoms with Crippen molar-refractivity contribution in [3.8, 4) is 0 Å². The molecule has 4 aromatic rings. The highest BCUT2D eigenvalue weighted by Crippen LogP contribution is 2.34. The minimum atomic E-state index is -0.949. The fourth-order valence-electron chi connectivity index (χ4n) is 3.85. The molecule has 0 atom stereocenters. The van der Waals surface area contributed by atoms with Gasteiger partial charge in [-0.05, 0) is 12.1 Å². The number of aryl methyl sites for hydroxylation is 1. The number of anilines is 1. The van der Waals surface area contributed by atoms with Crippen LogP contribution in [0.5, 0.6) is 0 Å². The van der Waals surface area contributed by atoms with Gasteiger partial charge in [-0.15, -0.1) is 0 Å². The number of rotatable bonds is 2. The lowest BCUT2D eigenvalue weighted by molar-refractivity contribution is -0.000136. The van der Waals surface area contributed by atoms with Gasteiger partial charge in [-0.3, -0.25) is 9.08 Å². The number of piperidine rings is 1. The molecule has 132 valence electrons. The third-order valence-electron chi connectivity index (χ3n) is 5.25. The van der Waals surface area contributed by atoms with Gasteiger partial charge in [0.2, 0.25) is 0 Å². The zero-order chi connectivity index (χ0) is 17.7. The predicted molar refractivity (Wildman–Crippen MR) is 96.8 cm³/mol. The lowest BCUT2D eigenvalue weighted by Gasteiger charge is -2.38. The second-order valence-corrected chi connectivity index (χ2v) is 6.80.